The van der Waals surface area contributed by atoms with E-state index in [1.54, 1.807) is 20.8 Å². The summed E-state index contributed by atoms with van der Waals surface area (Å²) in [6.07, 6.45) is -5.73. The van der Waals surface area contributed by atoms with Crippen molar-refractivity contribution < 1.29 is 27.5 Å². The molecule has 1 saturated heterocycles. The van der Waals surface area contributed by atoms with Crippen molar-refractivity contribution in [3.63, 3.8) is 0 Å². The fourth-order valence-electron chi connectivity index (χ4n) is 2.53. The Balaban J connectivity index is 2.31. The van der Waals surface area contributed by atoms with Crippen LogP contribution in [-0.4, -0.2) is 42.4 Å². The lowest BCUT2D eigenvalue weighted by Gasteiger charge is -2.37. The van der Waals surface area contributed by atoms with Gasteiger partial charge in [0.05, 0.1) is 5.56 Å². The lowest BCUT2D eigenvalue weighted by molar-refractivity contribution is -0.137. The summed E-state index contributed by atoms with van der Waals surface area (Å²) < 4.78 is 44.0. The van der Waals surface area contributed by atoms with E-state index >= 15 is 0 Å². The Hall–Kier alpha value is -2.29. The summed E-state index contributed by atoms with van der Waals surface area (Å²) in [6.45, 7) is 4.94. The molecule has 0 saturated carbocycles. The summed E-state index contributed by atoms with van der Waals surface area (Å²) in [6, 6.07) is 3.90. The van der Waals surface area contributed by atoms with Crippen LogP contribution < -0.4 is 10.2 Å². The molecular formula is C16H20F3N3O3. The Labute approximate surface area is 143 Å². The number of halogens is 3. The number of urea groups is 1. The molecule has 1 unspecified atom stereocenters. The van der Waals surface area contributed by atoms with E-state index in [1.165, 1.54) is 24.1 Å². The predicted molar refractivity (Wildman–Crippen MR) is 84.7 cm³/mol. The second-order valence-electron chi connectivity index (χ2n) is 6.56. The van der Waals surface area contributed by atoms with Crippen molar-refractivity contribution in [3.8, 4) is 0 Å². The standard InChI is InChI=1S/C16H20F3N3O3/c1-15(2,3)22(14(24)20-4)13-12(23)21(9-25-13)11-7-5-6-10(8-11)16(17,18)19/h5-8,13H,9H2,1-4H3,(H,20,24). The molecule has 6 nitrogen and oxygen atoms in total. The molecule has 1 heterocycles. The van der Waals surface area contributed by atoms with Crippen LogP contribution in [0.4, 0.5) is 23.7 Å². The molecule has 25 heavy (non-hydrogen) atoms. The summed E-state index contributed by atoms with van der Waals surface area (Å²) in [5.74, 6) is -0.599. The summed E-state index contributed by atoms with van der Waals surface area (Å²) in [5.41, 5.74) is -1.53. The first-order valence-corrected chi connectivity index (χ1v) is 7.58. The molecule has 1 aliphatic rings. The van der Waals surface area contributed by atoms with Gasteiger partial charge in [0.25, 0.3) is 5.91 Å². The van der Waals surface area contributed by atoms with Crippen LogP contribution in [0.5, 0.6) is 0 Å². The average molecular weight is 359 g/mol. The van der Waals surface area contributed by atoms with Gasteiger partial charge >= 0.3 is 12.2 Å². The van der Waals surface area contributed by atoms with Gasteiger partial charge in [0.2, 0.25) is 6.23 Å². The van der Waals surface area contributed by atoms with Gasteiger partial charge in [-0.25, -0.2) is 4.79 Å². The fourth-order valence-corrected chi connectivity index (χ4v) is 2.53. The van der Waals surface area contributed by atoms with Gasteiger partial charge in [-0.15, -0.1) is 0 Å². The first-order valence-electron chi connectivity index (χ1n) is 7.58. The largest absolute Gasteiger partial charge is 0.416 e. The molecule has 0 radical (unpaired) electrons. The van der Waals surface area contributed by atoms with Crippen LogP contribution in [0.2, 0.25) is 0 Å². The van der Waals surface area contributed by atoms with Gasteiger partial charge in [-0.2, -0.15) is 13.2 Å². The second-order valence-corrected chi connectivity index (χ2v) is 6.56. The number of alkyl halides is 3. The Morgan fingerprint density at radius 2 is 1.96 bits per heavy atom. The van der Waals surface area contributed by atoms with Crippen LogP contribution >= 0.6 is 0 Å². The zero-order valence-electron chi connectivity index (χ0n) is 14.3. The zero-order chi connectivity index (χ0) is 19.0. The number of amides is 3. The van der Waals surface area contributed by atoms with Gasteiger partial charge in [-0.3, -0.25) is 14.6 Å². The van der Waals surface area contributed by atoms with E-state index in [1.807, 2.05) is 0 Å². The molecule has 0 aromatic heterocycles. The Kier molecular flexibility index (Phi) is 4.99. The van der Waals surface area contributed by atoms with E-state index in [-0.39, 0.29) is 12.4 Å². The minimum Gasteiger partial charge on any atom is -0.341 e. The third kappa shape index (κ3) is 3.87. The van der Waals surface area contributed by atoms with E-state index < -0.39 is 35.4 Å². The van der Waals surface area contributed by atoms with Crippen molar-refractivity contribution in [3.05, 3.63) is 29.8 Å². The maximum atomic E-state index is 12.9. The fraction of sp³-hybridized carbons (Fsp3) is 0.500. The van der Waals surface area contributed by atoms with Crippen LogP contribution in [0.15, 0.2) is 24.3 Å². The van der Waals surface area contributed by atoms with Crippen molar-refractivity contribution in [2.24, 2.45) is 0 Å². The van der Waals surface area contributed by atoms with E-state index in [2.05, 4.69) is 5.32 Å². The lowest BCUT2D eigenvalue weighted by Crippen LogP contribution is -2.57. The number of benzene rings is 1. The van der Waals surface area contributed by atoms with Gasteiger partial charge in [0.1, 0.15) is 6.73 Å². The number of carbonyl (C=O) groups excluding carboxylic acids is 2. The van der Waals surface area contributed by atoms with Gasteiger partial charge in [-0.1, -0.05) is 6.07 Å². The number of carbonyl (C=O) groups is 2. The molecule has 1 aromatic rings. The molecule has 1 fully saturated rings. The SMILES string of the molecule is CNC(=O)N(C1OCN(c2cccc(C(F)(F)F)c2)C1=O)C(C)(C)C. The first-order chi connectivity index (χ1) is 11.5. The summed E-state index contributed by atoms with van der Waals surface area (Å²) in [5, 5.41) is 2.44. The minimum absolute atomic E-state index is 0.0630. The number of hydrogen-bond donors (Lipinski definition) is 1. The Morgan fingerprint density at radius 3 is 2.48 bits per heavy atom. The summed E-state index contributed by atoms with van der Waals surface area (Å²) in [7, 11) is 1.42. The molecule has 1 atom stereocenters. The quantitative estimate of drug-likeness (QED) is 0.883. The van der Waals surface area contributed by atoms with Crippen molar-refractivity contribution in [2.75, 3.05) is 18.7 Å². The van der Waals surface area contributed by atoms with Crippen molar-refractivity contribution >= 4 is 17.6 Å². The highest BCUT2D eigenvalue weighted by molar-refractivity contribution is 5.99. The van der Waals surface area contributed by atoms with Crippen molar-refractivity contribution in [1.82, 2.24) is 10.2 Å². The van der Waals surface area contributed by atoms with Gasteiger partial charge < -0.3 is 10.1 Å². The van der Waals surface area contributed by atoms with Crippen LogP contribution in [0, 0.1) is 0 Å². The third-order valence-corrected chi connectivity index (χ3v) is 3.71. The maximum absolute atomic E-state index is 12.9. The smallest absolute Gasteiger partial charge is 0.341 e. The number of nitrogens with zero attached hydrogens (tertiary/aromatic N) is 2. The molecule has 1 N–H and O–H groups in total. The van der Waals surface area contributed by atoms with E-state index in [9.17, 15) is 22.8 Å². The number of ether oxygens (including phenoxy) is 1. The zero-order valence-corrected chi connectivity index (χ0v) is 14.3. The molecule has 0 bridgehead atoms. The monoisotopic (exact) mass is 359 g/mol. The molecule has 0 spiro atoms. The number of hydrogen-bond acceptors (Lipinski definition) is 3. The first kappa shape index (κ1) is 19.0. The Morgan fingerprint density at radius 1 is 1.32 bits per heavy atom. The maximum Gasteiger partial charge on any atom is 0.416 e. The van der Waals surface area contributed by atoms with Gasteiger partial charge in [0.15, 0.2) is 0 Å². The van der Waals surface area contributed by atoms with Gasteiger partial charge in [-0.05, 0) is 39.0 Å². The molecular weight excluding hydrogens is 339 g/mol. The highest BCUT2D eigenvalue weighted by Crippen LogP contribution is 2.33. The number of anilines is 1. The third-order valence-electron chi connectivity index (χ3n) is 3.71. The molecule has 3 amide bonds. The molecule has 2 rings (SSSR count). The van der Waals surface area contributed by atoms with Gasteiger partial charge in [0, 0.05) is 18.3 Å². The highest BCUT2D eigenvalue weighted by atomic mass is 19.4. The van der Waals surface area contributed by atoms with Crippen molar-refractivity contribution in [1.29, 1.82) is 0 Å². The number of rotatable bonds is 2. The Bertz CT molecular complexity index is 671. The molecule has 9 heteroatoms. The summed E-state index contributed by atoms with van der Waals surface area (Å²) >= 11 is 0. The van der Waals surface area contributed by atoms with Crippen LogP contribution in [0.3, 0.4) is 0 Å². The predicted octanol–water partition coefficient (Wildman–Crippen LogP) is 2.79. The van der Waals surface area contributed by atoms with E-state index in [4.69, 9.17) is 4.74 Å². The molecule has 1 aromatic carbocycles. The average Bonchev–Trinajstić information content (AvgIpc) is 2.87. The normalized spacial score (nSPS) is 18.4. The topological polar surface area (TPSA) is 61.9 Å². The van der Waals surface area contributed by atoms with E-state index in [0.29, 0.717) is 0 Å². The number of nitrogens with one attached hydrogen (secondary N) is 1. The molecule has 138 valence electrons. The lowest BCUT2D eigenvalue weighted by atomic mass is 10.1. The van der Waals surface area contributed by atoms with Crippen LogP contribution in [0.25, 0.3) is 0 Å². The molecule has 0 aliphatic carbocycles. The molecule has 1 aliphatic heterocycles. The van der Waals surface area contributed by atoms with E-state index in [0.717, 1.165) is 17.0 Å². The van der Waals surface area contributed by atoms with Crippen molar-refractivity contribution in [2.45, 2.75) is 38.7 Å². The minimum atomic E-state index is -4.52. The highest BCUT2D eigenvalue weighted by Gasteiger charge is 2.44. The van der Waals surface area contributed by atoms with Crippen LogP contribution in [0.1, 0.15) is 26.3 Å². The summed E-state index contributed by atoms with van der Waals surface area (Å²) in [4.78, 5) is 27.1. The van der Waals surface area contributed by atoms with Crippen LogP contribution in [-0.2, 0) is 15.7 Å². The second kappa shape index (κ2) is 6.55.